The van der Waals surface area contributed by atoms with Gasteiger partial charge in [0.15, 0.2) is 17.5 Å². The van der Waals surface area contributed by atoms with E-state index < -0.39 is 23.4 Å². The normalized spacial score (nSPS) is 19.7. The number of pyridine rings is 1. The Labute approximate surface area is 143 Å². The Hall–Kier alpha value is -2.57. The summed E-state index contributed by atoms with van der Waals surface area (Å²) in [4.78, 5) is 16.5. The van der Waals surface area contributed by atoms with Crippen molar-refractivity contribution in [3.05, 3.63) is 59.0 Å². The molecule has 0 bridgehead atoms. The molecule has 3 rings (SSSR count). The standard InChI is InChI=1S/C18H18F3N3O/c1-10-3-2-4-16(22-10)23-12-5-6-13(9-12)24-18(25)11-7-14(19)17(21)15(20)8-11/h2-4,7-8,12-13H,5-6,9H2,1H3,(H,22,23)(H,24,25). The number of hydrogen-bond acceptors (Lipinski definition) is 3. The number of rotatable bonds is 4. The Morgan fingerprint density at radius 3 is 2.48 bits per heavy atom. The van der Waals surface area contributed by atoms with E-state index in [0.717, 1.165) is 24.4 Å². The number of hydrogen-bond donors (Lipinski definition) is 2. The van der Waals surface area contributed by atoms with Gasteiger partial charge in [-0.15, -0.1) is 0 Å². The first-order valence-corrected chi connectivity index (χ1v) is 8.08. The van der Waals surface area contributed by atoms with Crippen molar-refractivity contribution in [2.75, 3.05) is 5.32 Å². The first kappa shape index (κ1) is 17.3. The fraction of sp³-hybridized carbons (Fsp3) is 0.333. The predicted octanol–water partition coefficient (Wildman–Crippen LogP) is 3.57. The molecule has 25 heavy (non-hydrogen) atoms. The number of nitrogens with one attached hydrogen (secondary N) is 2. The van der Waals surface area contributed by atoms with Crippen LogP contribution in [-0.4, -0.2) is 23.0 Å². The van der Waals surface area contributed by atoms with Crippen LogP contribution in [0.2, 0.25) is 0 Å². The molecule has 1 amide bonds. The van der Waals surface area contributed by atoms with Crippen LogP contribution < -0.4 is 10.6 Å². The maximum absolute atomic E-state index is 13.2. The lowest BCUT2D eigenvalue weighted by Crippen LogP contribution is -2.34. The molecule has 0 saturated heterocycles. The molecule has 0 radical (unpaired) electrons. The Balaban J connectivity index is 1.58. The van der Waals surface area contributed by atoms with Crippen LogP contribution in [0.1, 0.15) is 35.3 Å². The molecule has 1 aromatic carbocycles. The molecule has 2 atom stereocenters. The molecule has 1 fully saturated rings. The Morgan fingerprint density at radius 2 is 1.80 bits per heavy atom. The second-order valence-corrected chi connectivity index (χ2v) is 6.24. The van der Waals surface area contributed by atoms with E-state index in [1.165, 1.54) is 0 Å². The molecule has 1 aliphatic rings. The van der Waals surface area contributed by atoms with E-state index in [1.807, 2.05) is 25.1 Å². The van der Waals surface area contributed by atoms with Crippen molar-refractivity contribution >= 4 is 11.7 Å². The molecule has 2 aromatic rings. The number of amides is 1. The van der Waals surface area contributed by atoms with Crippen LogP contribution in [0.5, 0.6) is 0 Å². The number of aromatic nitrogens is 1. The van der Waals surface area contributed by atoms with E-state index in [1.54, 1.807) is 0 Å². The van der Waals surface area contributed by atoms with Crippen molar-refractivity contribution < 1.29 is 18.0 Å². The fourth-order valence-electron chi connectivity index (χ4n) is 3.03. The van der Waals surface area contributed by atoms with E-state index in [0.29, 0.717) is 18.6 Å². The molecule has 0 spiro atoms. The highest BCUT2D eigenvalue weighted by Gasteiger charge is 2.27. The predicted molar refractivity (Wildman–Crippen MR) is 87.8 cm³/mol. The van der Waals surface area contributed by atoms with Gasteiger partial charge in [0, 0.05) is 23.3 Å². The molecule has 4 nitrogen and oxygen atoms in total. The van der Waals surface area contributed by atoms with Crippen molar-refractivity contribution in [1.29, 1.82) is 0 Å². The van der Waals surface area contributed by atoms with Gasteiger partial charge in [-0.2, -0.15) is 0 Å². The highest BCUT2D eigenvalue weighted by molar-refractivity contribution is 5.94. The van der Waals surface area contributed by atoms with Gasteiger partial charge < -0.3 is 10.6 Å². The minimum Gasteiger partial charge on any atom is -0.367 e. The van der Waals surface area contributed by atoms with Crippen molar-refractivity contribution in [3.8, 4) is 0 Å². The van der Waals surface area contributed by atoms with Gasteiger partial charge in [-0.3, -0.25) is 4.79 Å². The number of carbonyl (C=O) groups is 1. The minimum absolute atomic E-state index is 0.119. The molecule has 1 aromatic heterocycles. The summed E-state index contributed by atoms with van der Waals surface area (Å²) < 4.78 is 39.4. The minimum atomic E-state index is -1.58. The second kappa shape index (κ2) is 7.13. The molecular formula is C18H18F3N3O. The molecule has 7 heteroatoms. The molecule has 1 saturated carbocycles. The van der Waals surface area contributed by atoms with Gasteiger partial charge in [0.05, 0.1) is 0 Å². The molecule has 1 heterocycles. The summed E-state index contributed by atoms with van der Waals surface area (Å²) in [7, 11) is 0. The average molecular weight is 349 g/mol. The van der Waals surface area contributed by atoms with Crippen LogP contribution >= 0.6 is 0 Å². The van der Waals surface area contributed by atoms with E-state index in [9.17, 15) is 18.0 Å². The number of anilines is 1. The molecule has 2 N–H and O–H groups in total. The first-order valence-electron chi connectivity index (χ1n) is 8.08. The summed E-state index contributed by atoms with van der Waals surface area (Å²) >= 11 is 0. The number of aryl methyl sites for hydroxylation is 1. The summed E-state index contributed by atoms with van der Waals surface area (Å²) in [6.07, 6.45) is 2.25. The third-order valence-electron chi connectivity index (χ3n) is 4.25. The number of carbonyl (C=O) groups excluding carboxylic acids is 1. The van der Waals surface area contributed by atoms with Gasteiger partial charge in [0.2, 0.25) is 0 Å². The Morgan fingerprint density at radius 1 is 1.12 bits per heavy atom. The van der Waals surface area contributed by atoms with Crippen LogP contribution in [0.25, 0.3) is 0 Å². The van der Waals surface area contributed by atoms with E-state index in [2.05, 4.69) is 15.6 Å². The van der Waals surface area contributed by atoms with E-state index >= 15 is 0 Å². The zero-order chi connectivity index (χ0) is 18.0. The lowest BCUT2D eigenvalue weighted by molar-refractivity contribution is 0.0936. The van der Waals surface area contributed by atoms with Crippen molar-refractivity contribution in [2.24, 2.45) is 0 Å². The van der Waals surface area contributed by atoms with Gasteiger partial charge in [-0.05, 0) is 50.5 Å². The Bertz CT molecular complexity index is 774. The first-order chi connectivity index (χ1) is 11.9. The smallest absolute Gasteiger partial charge is 0.251 e. The third-order valence-corrected chi connectivity index (χ3v) is 4.25. The van der Waals surface area contributed by atoms with Crippen molar-refractivity contribution in [2.45, 2.75) is 38.3 Å². The summed E-state index contributed by atoms with van der Waals surface area (Å²) in [5.41, 5.74) is 0.682. The van der Waals surface area contributed by atoms with E-state index in [4.69, 9.17) is 0 Å². The van der Waals surface area contributed by atoms with E-state index in [-0.39, 0.29) is 17.6 Å². The maximum atomic E-state index is 13.2. The van der Waals surface area contributed by atoms with Gasteiger partial charge in [-0.1, -0.05) is 6.07 Å². The number of halogens is 3. The quantitative estimate of drug-likeness (QED) is 0.830. The SMILES string of the molecule is Cc1cccc(NC2CCC(NC(=O)c3cc(F)c(F)c(F)c3)C2)n1. The largest absolute Gasteiger partial charge is 0.367 e. The van der Waals surface area contributed by atoms with Gasteiger partial charge in [-0.25, -0.2) is 18.2 Å². The van der Waals surface area contributed by atoms with Crippen LogP contribution in [0.15, 0.2) is 30.3 Å². The summed E-state index contributed by atoms with van der Waals surface area (Å²) in [6.45, 7) is 1.91. The maximum Gasteiger partial charge on any atom is 0.251 e. The molecule has 0 aliphatic heterocycles. The summed E-state index contributed by atoms with van der Waals surface area (Å²) in [6, 6.07) is 7.14. The van der Waals surface area contributed by atoms with Crippen LogP contribution in [0, 0.1) is 24.4 Å². The highest BCUT2D eigenvalue weighted by Crippen LogP contribution is 2.23. The number of benzene rings is 1. The zero-order valence-electron chi connectivity index (χ0n) is 13.7. The summed E-state index contributed by atoms with van der Waals surface area (Å²) in [5.74, 6) is -4.16. The van der Waals surface area contributed by atoms with Gasteiger partial charge >= 0.3 is 0 Å². The monoisotopic (exact) mass is 349 g/mol. The van der Waals surface area contributed by atoms with Crippen LogP contribution in [0.3, 0.4) is 0 Å². The lowest BCUT2D eigenvalue weighted by Gasteiger charge is -2.15. The topological polar surface area (TPSA) is 54.0 Å². The zero-order valence-corrected chi connectivity index (χ0v) is 13.7. The Kier molecular flexibility index (Phi) is 4.92. The average Bonchev–Trinajstić information content (AvgIpc) is 2.99. The van der Waals surface area contributed by atoms with Crippen LogP contribution in [0.4, 0.5) is 19.0 Å². The van der Waals surface area contributed by atoms with Crippen LogP contribution in [-0.2, 0) is 0 Å². The molecule has 132 valence electrons. The highest BCUT2D eigenvalue weighted by atomic mass is 19.2. The lowest BCUT2D eigenvalue weighted by atomic mass is 10.1. The van der Waals surface area contributed by atoms with Gasteiger partial charge in [0.1, 0.15) is 5.82 Å². The van der Waals surface area contributed by atoms with Crippen molar-refractivity contribution in [1.82, 2.24) is 10.3 Å². The van der Waals surface area contributed by atoms with Crippen molar-refractivity contribution in [3.63, 3.8) is 0 Å². The fourth-order valence-corrected chi connectivity index (χ4v) is 3.03. The van der Waals surface area contributed by atoms with Gasteiger partial charge in [0.25, 0.3) is 5.91 Å². The summed E-state index contributed by atoms with van der Waals surface area (Å²) in [5, 5.41) is 6.06. The molecule has 1 aliphatic carbocycles. The molecule has 2 unspecified atom stereocenters. The second-order valence-electron chi connectivity index (χ2n) is 6.24. The number of nitrogens with zero attached hydrogens (tertiary/aromatic N) is 1. The molecular weight excluding hydrogens is 331 g/mol. The third kappa shape index (κ3) is 4.10.